The summed E-state index contributed by atoms with van der Waals surface area (Å²) in [5.74, 6) is -0.148. The van der Waals surface area contributed by atoms with Crippen molar-refractivity contribution < 1.29 is 23.1 Å². The van der Waals surface area contributed by atoms with E-state index in [9.17, 15) is 9.59 Å². The summed E-state index contributed by atoms with van der Waals surface area (Å²) in [6, 6.07) is 18.6. The summed E-state index contributed by atoms with van der Waals surface area (Å²) in [6.45, 7) is 1.75. The first-order valence-electron chi connectivity index (χ1n) is 10.1. The summed E-state index contributed by atoms with van der Waals surface area (Å²) in [4.78, 5) is 25.2. The van der Waals surface area contributed by atoms with E-state index in [1.807, 2.05) is 43.3 Å². The fraction of sp³-hybridized carbons (Fsp3) is 0.200. The highest BCUT2D eigenvalue weighted by Crippen LogP contribution is 2.31. The minimum Gasteiger partial charge on any atom is -0.474 e. The monoisotopic (exact) mass is 418 g/mol. The molecular weight excluding hydrogens is 396 g/mol. The van der Waals surface area contributed by atoms with E-state index in [1.54, 1.807) is 24.3 Å². The molecule has 4 aromatic rings. The zero-order chi connectivity index (χ0) is 21.6. The Morgan fingerprint density at radius 2 is 1.87 bits per heavy atom. The van der Waals surface area contributed by atoms with Crippen LogP contribution in [-0.4, -0.2) is 19.2 Å². The number of furan rings is 1. The van der Waals surface area contributed by atoms with Crippen LogP contribution in [0.5, 0.6) is 5.75 Å². The standard InChI is InChI=1S/C25H22O6/c1-17-11-12-20-19(15-17)23(27)25(24(31-20)21-10-6-13-28-21)30-16-22(26)29-14-5-9-18-7-3-2-4-8-18/h2-4,6-8,10-13,15H,5,9,14,16H2,1H3. The molecule has 0 saturated carbocycles. The summed E-state index contributed by atoms with van der Waals surface area (Å²) in [5, 5.41) is 0.376. The molecule has 0 amide bonds. The van der Waals surface area contributed by atoms with Gasteiger partial charge in [-0.25, -0.2) is 4.79 Å². The van der Waals surface area contributed by atoms with Crippen molar-refractivity contribution >= 4 is 16.9 Å². The van der Waals surface area contributed by atoms with Gasteiger partial charge >= 0.3 is 5.97 Å². The summed E-state index contributed by atoms with van der Waals surface area (Å²) < 4.78 is 22.1. The first-order valence-corrected chi connectivity index (χ1v) is 10.1. The predicted molar refractivity (Wildman–Crippen MR) is 116 cm³/mol. The maximum Gasteiger partial charge on any atom is 0.344 e. The Kier molecular flexibility index (Phi) is 6.17. The lowest BCUT2D eigenvalue weighted by Crippen LogP contribution is -2.19. The van der Waals surface area contributed by atoms with Crippen LogP contribution < -0.4 is 10.2 Å². The quantitative estimate of drug-likeness (QED) is 0.299. The third-order valence-corrected chi connectivity index (χ3v) is 4.80. The molecule has 2 aromatic carbocycles. The van der Waals surface area contributed by atoms with Gasteiger partial charge in [-0.15, -0.1) is 0 Å². The van der Waals surface area contributed by atoms with Gasteiger partial charge in [-0.1, -0.05) is 42.0 Å². The van der Waals surface area contributed by atoms with Crippen molar-refractivity contribution in [2.75, 3.05) is 13.2 Å². The van der Waals surface area contributed by atoms with E-state index in [2.05, 4.69) is 0 Å². The lowest BCUT2D eigenvalue weighted by atomic mass is 10.1. The molecule has 0 radical (unpaired) electrons. The molecule has 0 N–H and O–H groups in total. The molecular formula is C25H22O6. The largest absolute Gasteiger partial charge is 0.474 e. The topological polar surface area (TPSA) is 78.9 Å². The van der Waals surface area contributed by atoms with Gasteiger partial charge in [-0.05, 0) is 49.6 Å². The van der Waals surface area contributed by atoms with Crippen molar-refractivity contribution in [3.63, 3.8) is 0 Å². The van der Waals surface area contributed by atoms with Gasteiger partial charge in [0.25, 0.3) is 0 Å². The second-order valence-electron chi connectivity index (χ2n) is 7.16. The van der Waals surface area contributed by atoms with Crippen molar-refractivity contribution in [3.8, 4) is 17.3 Å². The summed E-state index contributed by atoms with van der Waals surface area (Å²) in [5.41, 5.74) is 2.14. The number of fused-ring (bicyclic) bond motifs is 1. The second kappa shape index (κ2) is 9.34. The number of carbonyl (C=O) groups is 1. The van der Waals surface area contributed by atoms with Gasteiger partial charge in [0.1, 0.15) is 5.58 Å². The van der Waals surface area contributed by atoms with E-state index >= 15 is 0 Å². The molecule has 0 fully saturated rings. The fourth-order valence-electron chi connectivity index (χ4n) is 3.27. The predicted octanol–water partition coefficient (Wildman–Crippen LogP) is 4.92. The lowest BCUT2D eigenvalue weighted by Gasteiger charge is -2.10. The SMILES string of the molecule is Cc1ccc2oc(-c3ccco3)c(OCC(=O)OCCCc3ccccc3)c(=O)c2c1. The Morgan fingerprint density at radius 1 is 1.03 bits per heavy atom. The Labute approximate surface area is 179 Å². The zero-order valence-electron chi connectivity index (χ0n) is 17.1. The molecule has 6 nitrogen and oxygen atoms in total. The van der Waals surface area contributed by atoms with E-state index in [4.69, 9.17) is 18.3 Å². The van der Waals surface area contributed by atoms with Gasteiger partial charge in [-0.3, -0.25) is 4.79 Å². The molecule has 0 aliphatic carbocycles. The highest BCUT2D eigenvalue weighted by molar-refractivity contribution is 5.82. The normalized spacial score (nSPS) is 10.9. The summed E-state index contributed by atoms with van der Waals surface area (Å²) >= 11 is 0. The molecule has 0 bridgehead atoms. The van der Waals surface area contributed by atoms with E-state index in [1.165, 1.54) is 11.8 Å². The van der Waals surface area contributed by atoms with Crippen LogP contribution in [0, 0.1) is 6.92 Å². The van der Waals surface area contributed by atoms with Gasteiger partial charge in [-0.2, -0.15) is 0 Å². The van der Waals surface area contributed by atoms with Crippen molar-refractivity contribution in [1.82, 2.24) is 0 Å². The van der Waals surface area contributed by atoms with Crippen LogP contribution in [0.3, 0.4) is 0 Å². The molecule has 2 aromatic heterocycles. The zero-order valence-corrected chi connectivity index (χ0v) is 17.1. The summed E-state index contributed by atoms with van der Waals surface area (Å²) in [6.07, 6.45) is 2.98. The van der Waals surface area contributed by atoms with Crippen LogP contribution >= 0.6 is 0 Å². The number of ether oxygens (including phenoxy) is 2. The number of hydrogen-bond donors (Lipinski definition) is 0. The minimum atomic E-state index is -0.554. The third-order valence-electron chi connectivity index (χ3n) is 4.80. The van der Waals surface area contributed by atoms with Crippen LogP contribution in [0.15, 0.2) is 80.6 Å². The number of carbonyl (C=O) groups excluding carboxylic acids is 1. The Balaban J connectivity index is 1.45. The molecule has 0 atom stereocenters. The molecule has 0 spiro atoms. The number of hydrogen-bond acceptors (Lipinski definition) is 6. The average molecular weight is 418 g/mol. The van der Waals surface area contributed by atoms with Gasteiger partial charge in [0.05, 0.1) is 18.3 Å². The summed E-state index contributed by atoms with van der Waals surface area (Å²) in [7, 11) is 0. The van der Waals surface area contributed by atoms with Gasteiger partial charge < -0.3 is 18.3 Å². The van der Waals surface area contributed by atoms with Crippen LogP contribution in [0.4, 0.5) is 0 Å². The highest BCUT2D eigenvalue weighted by Gasteiger charge is 2.21. The van der Waals surface area contributed by atoms with Gasteiger partial charge in [0.15, 0.2) is 12.4 Å². The average Bonchev–Trinajstić information content (AvgIpc) is 3.32. The molecule has 0 saturated heterocycles. The van der Waals surface area contributed by atoms with Crippen molar-refractivity contribution in [2.45, 2.75) is 19.8 Å². The number of aryl methyl sites for hydroxylation is 2. The molecule has 4 rings (SSSR count). The second-order valence-corrected chi connectivity index (χ2v) is 7.16. The maximum atomic E-state index is 13.0. The van der Waals surface area contributed by atoms with E-state index < -0.39 is 12.6 Å². The lowest BCUT2D eigenvalue weighted by molar-refractivity contribution is -0.146. The first-order chi connectivity index (χ1) is 15.1. The highest BCUT2D eigenvalue weighted by atomic mass is 16.6. The number of benzene rings is 2. The van der Waals surface area contributed by atoms with Gasteiger partial charge in [0.2, 0.25) is 16.9 Å². The Morgan fingerprint density at radius 3 is 2.65 bits per heavy atom. The van der Waals surface area contributed by atoms with Crippen LogP contribution in [0.1, 0.15) is 17.5 Å². The molecule has 6 heteroatoms. The van der Waals surface area contributed by atoms with Crippen molar-refractivity contribution in [1.29, 1.82) is 0 Å². The minimum absolute atomic E-state index is 0.0747. The van der Waals surface area contributed by atoms with E-state index in [-0.39, 0.29) is 23.5 Å². The smallest absolute Gasteiger partial charge is 0.344 e. The molecule has 0 aliphatic rings. The Bertz CT molecular complexity index is 1220. The molecule has 0 unspecified atom stereocenters. The maximum absolute atomic E-state index is 13.0. The number of esters is 1. The number of rotatable bonds is 8. The van der Waals surface area contributed by atoms with E-state index in [0.29, 0.717) is 23.2 Å². The van der Waals surface area contributed by atoms with Crippen LogP contribution in [0.25, 0.3) is 22.5 Å². The third kappa shape index (κ3) is 4.86. The van der Waals surface area contributed by atoms with Crippen LogP contribution in [0.2, 0.25) is 0 Å². The van der Waals surface area contributed by atoms with Crippen molar-refractivity contribution in [3.05, 3.63) is 88.3 Å². The first kappa shape index (κ1) is 20.5. The fourth-order valence-corrected chi connectivity index (χ4v) is 3.27. The molecule has 2 heterocycles. The van der Waals surface area contributed by atoms with Crippen LogP contribution in [-0.2, 0) is 16.0 Å². The van der Waals surface area contributed by atoms with Crippen molar-refractivity contribution in [2.24, 2.45) is 0 Å². The van der Waals surface area contributed by atoms with Gasteiger partial charge in [0, 0.05) is 0 Å². The molecule has 0 aliphatic heterocycles. The molecule has 31 heavy (non-hydrogen) atoms. The van der Waals surface area contributed by atoms with E-state index in [0.717, 1.165) is 12.0 Å². The Hall–Kier alpha value is -3.80. The molecule has 158 valence electrons.